The molecule has 12 heteroatoms. The van der Waals surface area contributed by atoms with Crippen LogP contribution in [0.1, 0.15) is 40.3 Å². The third kappa shape index (κ3) is 5.60. The summed E-state index contributed by atoms with van der Waals surface area (Å²) in [5.41, 5.74) is 0.841. The highest BCUT2D eigenvalue weighted by Crippen LogP contribution is 2.32. The van der Waals surface area contributed by atoms with Gasteiger partial charge in [0.05, 0.1) is 23.9 Å². The molecule has 198 valence electrons. The van der Waals surface area contributed by atoms with Crippen molar-refractivity contribution in [2.75, 3.05) is 12.4 Å². The molecule has 38 heavy (non-hydrogen) atoms. The molecule has 3 heterocycles. The molecule has 0 saturated carbocycles. The minimum atomic E-state index is -4.51. The Labute approximate surface area is 220 Å². The van der Waals surface area contributed by atoms with E-state index in [1.54, 1.807) is 13.0 Å². The van der Waals surface area contributed by atoms with E-state index in [1.807, 2.05) is 30.3 Å². The van der Waals surface area contributed by atoms with Gasteiger partial charge >= 0.3 is 6.18 Å². The molecule has 0 spiro atoms. The number of alkyl halides is 3. The van der Waals surface area contributed by atoms with Crippen LogP contribution in [0.25, 0.3) is 16.9 Å². The van der Waals surface area contributed by atoms with Gasteiger partial charge in [-0.05, 0) is 38.0 Å². The van der Waals surface area contributed by atoms with Crippen LogP contribution >= 0.6 is 11.8 Å². The minimum Gasteiger partial charge on any atom is -0.377 e. The zero-order chi connectivity index (χ0) is 26.7. The lowest BCUT2D eigenvalue weighted by atomic mass is 10.1. The Bertz CT molecular complexity index is 1420. The number of amides is 1. The predicted molar refractivity (Wildman–Crippen MR) is 134 cm³/mol. The van der Waals surface area contributed by atoms with E-state index in [1.165, 1.54) is 22.4 Å². The van der Waals surface area contributed by atoms with Gasteiger partial charge in [0.2, 0.25) is 0 Å². The number of hydrogen-bond acceptors (Lipinski definition) is 7. The van der Waals surface area contributed by atoms with E-state index < -0.39 is 17.6 Å². The molecule has 0 aliphatic carbocycles. The van der Waals surface area contributed by atoms with Crippen LogP contribution in [0.4, 0.5) is 13.2 Å². The minimum absolute atomic E-state index is 0.0442. The molecule has 1 N–H and O–H groups in total. The van der Waals surface area contributed by atoms with Crippen molar-refractivity contribution in [2.24, 2.45) is 0 Å². The number of benzene rings is 2. The number of aryl methyl sites for hydroxylation is 1. The highest BCUT2D eigenvalue weighted by atomic mass is 32.2. The Kier molecular flexibility index (Phi) is 7.52. The number of halogens is 3. The molecule has 0 radical (unpaired) electrons. The van der Waals surface area contributed by atoms with Crippen molar-refractivity contribution in [3.05, 3.63) is 77.3 Å². The molecule has 2 aromatic carbocycles. The van der Waals surface area contributed by atoms with Crippen LogP contribution in [0.2, 0.25) is 0 Å². The van der Waals surface area contributed by atoms with Crippen LogP contribution in [0.15, 0.2) is 64.3 Å². The lowest BCUT2D eigenvalue weighted by Crippen LogP contribution is -2.25. The number of carbonyl (C=O) groups excluding carboxylic acids is 1. The normalized spacial score (nSPS) is 15.6. The van der Waals surface area contributed by atoms with Crippen LogP contribution < -0.4 is 5.32 Å². The van der Waals surface area contributed by atoms with E-state index >= 15 is 0 Å². The molecule has 1 aliphatic heterocycles. The first-order valence-electron chi connectivity index (χ1n) is 12.0. The summed E-state index contributed by atoms with van der Waals surface area (Å²) >= 11 is 1.35. The molecular weight excluding hydrogens is 519 g/mol. The summed E-state index contributed by atoms with van der Waals surface area (Å²) in [6.07, 6.45) is -2.59. The van der Waals surface area contributed by atoms with Gasteiger partial charge in [-0.3, -0.25) is 9.36 Å². The maximum absolute atomic E-state index is 13.5. The second kappa shape index (κ2) is 11.0. The molecule has 1 amide bonds. The van der Waals surface area contributed by atoms with Gasteiger partial charge in [0.1, 0.15) is 17.0 Å². The quantitative estimate of drug-likeness (QED) is 0.295. The van der Waals surface area contributed by atoms with Crippen molar-refractivity contribution in [3.63, 3.8) is 0 Å². The van der Waals surface area contributed by atoms with E-state index in [0.29, 0.717) is 29.0 Å². The largest absolute Gasteiger partial charge is 0.416 e. The molecular formula is C26H24F3N5O3S. The number of nitrogens with one attached hydrogen (secondary N) is 1. The maximum Gasteiger partial charge on any atom is 0.416 e. The fourth-order valence-corrected chi connectivity index (χ4v) is 5.25. The van der Waals surface area contributed by atoms with Gasteiger partial charge < -0.3 is 14.6 Å². The molecule has 0 unspecified atom stereocenters. The van der Waals surface area contributed by atoms with Gasteiger partial charge in [-0.1, -0.05) is 53.3 Å². The average Bonchev–Trinajstić information content (AvgIpc) is 3.66. The Hall–Kier alpha value is -3.64. The lowest BCUT2D eigenvalue weighted by molar-refractivity contribution is -0.137. The second-order valence-corrected chi connectivity index (χ2v) is 9.73. The van der Waals surface area contributed by atoms with Crippen molar-refractivity contribution >= 4 is 17.7 Å². The van der Waals surface area contributed by atoms with E-state index in [4.69, 9.17) is 9.26 Å². The van der Waals surface area contributed by atoms with Crippen molar-refractivity contribution in [3.8, 4) is 16.9 Å². The van der Waals surface area contributed by atoms with Crippen LogP contribution in [0, 0.1) is 6.92 Å². The van der Waals surface area contributed by atoms with E-state index in [-0.39, 0.29) is 29.7 Å². The van der Waals surface area contributed by atoms with E-state index in [9.17, 15) is 18.0 Å². The topological polar surface area (TPSA) is 95.1 Å². The summed E-state index contributed by atoms with van der Waals surface area (Å²) in [7, 11) is 0. The summed E-state index contributed by atoms with van der Waals surface area (Å²) in [6, 6.07) is 14.1. The first-order chi connectivity index (χ1) is 18.3. The summed E-state index contributed by atoms with van der Waals surface area (Å²) in [5.74, 6) is 0.759. The number of thioether (sulfide) groups is 1. The molecule has 8 nitrogen and oxygen atoms in total. The zero-order valence-corrected chi connectivity index (χ0v) is 21.2. The Morgan fingerprint density at radius 3 is 2.71 bits per heavy atom. The first-order valence-corrected chi connectivity index (χ1v) is 13.0. The summed E-state index contributed by atoms with van der Waals surface area (Å²) in [4.78, 5) is 13.2. The number of carbonyl (C=O) groups is 1. The number of hydrogen-bond donors (Lipinski definition) is 1. The zero-order valence-electron chi connectivity index (χ0n) is 20.4. The molecule has 5 rings (SSSR count). The molecule has 1 saturated heterocycles. The smallest absolute Gasteiger partial charge is 0.377 e. The predicted octanol–water partition coefficient (Wildman–Crippen LogP) is 5.45. The van der Waals surface area contributed by atoms with E-state index in [2.05, 4.69) is 20.7 Å². The van der Waals surface area contributed by atoms with Gasteiger partial charge in [0, 0.05) is 17.9 Å². The van der Waals surface area contributed by atoms with Crippen LogP contribution in [-0.4, -0.2) is 44.3 Å². The standard InChI is InChI=1S/C26H24F3N5O3S/c1-16-22(23(33-37-16)17-7-3-2-4-8-17)24(35)30-14-21-31-32-25(38-15-20-11-6-12-36-20)34(21)19-10-5-9-18(13-19)26(27,28)29/h2-5,7-10,13,20H,6,11-12,14-15H2,1H3,(H,30,35)/t20-/m0/s1. The summed E-state index contributed by atoms with van der Waals surface area (Å²) in [6.45, 7) is 2.25. The van der Waals surface area contributed by atoms with Crippen molar-refractivity contribution in [2.45, 2.75) is 43.7 Å². The van der Waals surface area contributed by atoms with Crippen molar-refractivity contribution in [1.29, 1.82) is 0 Å². The average molecular weight is 544 g/mol. The highest BCUT2D eigenvalue weighted by Gasteiger charge is 2.31. The van der Waals surface area contributed by atoms with Gasteiger partial charge in [-0.25, -0.2) is 0 Å². The molecule has 4 aromatic rings. The monoisotopic (exact) mass is 543 g/mol. The summed E-state index contributed by atoms with van der Waals surface area (Å²) < 4.78 is 52.9. The van der Waals surface area contributed by atoms with Crippen LogP contribution in [0.5, 0.6) is 0 Å². The molecule has 1 atom stereocenters. The number of ether oxygens (including phenoxy) is 1. The second-order valence-electron chi connectivity index (χ2n) is 8.74. The highest BCUT2D eigenvalue weighted by molar-refractivity contribution is 7.99. The molecule has 0 bridgehead atoms. The fraction of sp³-hybridized carbons (Fsp3) is 0.308. The fourth-order valence-electron chi connectivity index (χ4n) is 4.21. The molecule has 2 aromatic heterocycles. The Morgan fingerprint density at radius 1 is 1.16 bits per heavy atom. The third-order valence-electron chi connectivity index (χ3n) is 6.10. The van der Waals surface area contributed by atoms with Crippen LogP contribution in [-0.2, 0) is 17.5 Å². The van der Waals surface area contributed by atoms with Gasteiger partial charge in [0.15, 0.2) is 11.0 Å². The van der Waals surface area contributed by atoms with Gasteiger partial charge in [-0.15, -0.1) is 10.2 Å². The number of rotatable bonds is 8. The molecule has 1 aliphatic rings. The third-order valence-corrected chi connectivity index (χ3v) is 7.16. The van der Waals surface area contributed by atoms with Crippen molar-refractivity contribution in [1.82, 2.24) is 25.2 Å². The summed E-state index contributed by atoms with van der Waals surface area (Å²) in [5, 5.41) is 15.7. The van der Waals surface area contributed by atoms with Gasteiger partial charge in [0.25, 0.3) is 5.91 Å². The SMILES string of the molecule is Cc1onc(-c2ccccc2)c1C(=O)NCc1nnc(SC[C@@H]2CCCO2)n1-c1cccc(C(F)(F)F)c1. The lowest BCUT2D eigenvalue weighted by Gasteiger charge is -2.14. The number of aromatic nitrogens is 4. The maximum atomic E-state index is 13.5. The first kappa shape index (κ1) is 26.0. The Balaban J connectivity index is 1.42. The molecule has 1 fully saturated rings. The van der Waals surface area contributed by atoms with Crippen molar-refractivity contribution < 1.29 is 27.2 Å². The van der Waals surface area contributed by atoms with Crippen LogP contribution in [0.3, 0.4) is 0 Å². The Morgan fingerprint density at radius 2 is 1.97 bits per heavy atom. The van der Waals surface area contributed by atoms with Gasteiger partial charge in [-0.2, -0.15) is 13.2 Å². The number of nitrogens with zero attached hydrogens (tertiary/aromatic N) is 4. The van der Waals surface area contributed by atoms with E-state index in [0.717, 1.165) is 30.5 Å².